The molecule has 1 aliphatic rings. The van der Waals surface area contributed by atoms with Gasteiger partial charge in [-0.1, -0.05) is 31.4 Å². The van der Waals surface area contributed by atoms with Crippen LogP contribution in [0.15, 0.2) is 18.2 Å². The zero-order chi connectivity index (χ0) is 13.0. The lowest BCUT2D eigenvalue weighted by Crippen LogP contribution is -2.18. The summed E-state index contributed by atoms with van der Waals surface area (Å²) in [6, 6.07) is 5.77. The van der Waals surface area contributed by atoms with Gasteiger partial charge in [0.25, 0.3) is 0 Å². The molecular formula is C15H22N2O. The third-order valence-electron chi connectivity index (χ3n) is 3.69. The van der Waals surface area contributed by atoms with Crippen LogP contribution in [0.1, 0.15) is 43.2 Å². The van der Waals surface area contributed by atoms with Crippen molar-refractivity contribution in [2.45, 2.75) is 39.0 Å². The number of aryl methyl sites for hydroxylation is 1. The molecule has 0 atom stereocenters. The minimum absolute atomic E-state index is 0.0809. The van der Waals surface area contributed by atoms with E-state index in [0.29, 0.717) is 11.5 Å². The van der Waals surface area contributed by atoms with E-state index < -0.39 is 0 Å². The fourth-order valence-corrected chi connectivity index (χ4v) is 2.61. The van der Waals surface area contributed by atoms with Gasteiger partial charge in [0.05, 0.1) is 12.2 Å². The summed E-state index contributed by atoms with van der Waals surface area (Å²) >= 11 is 0. The zero-order valence-corrected chi connectivity index (χ0v) is 11.0. The van der Waals surface area contributed by atoms with E-state index in [1.165, 1.54) is 32.1 Å². The Morgan fingerprint density at radius 2 is 2.06 bits per heavy atom. The number of ether oxygens (including phenoxy) is 1. The molecule has 0 aromatic heterocycles. The van der Waals surface area contributed by atoms with Crippen LogP contribution in [0.2, 0.25) is 0 Å². The highest BCUT2D eigenvalue weighted by Gasteiger charge is 2.16. The number of para-hydroxylation sites is 1. The predicted octanol–water partition coefficient (Wildman–Crippen LogP) is 3.24. The first-order valence-corrected chi connectivity index (χ1v) is 6.75. The van der Waals surface area contributed by atoms with E-state index in [9.17, 15) is 0 Å². The molecule has 0 heterocycles. The van der Waals surface area contributed by atoms with Crippen molar-refractivity contribution in [3.63, 3.8) is 0 Å². The molecule has 0 amide bonds. The molecule has 0 bridgehead atoms. The van der Waals surface area contributed by atoms with Gasteiger partial charge in [0.2, 0.25) is 0 Å². The van der Waals surface area contributed by atoms with Crippen LogP contribution in [0.5, 0.6) is 5.75 Å². The maximum atomic E-state index is 7.59. The Morgan fingerprint density at radius 3 is 2.72 bits per heavy atom. The van der Waals surface area contributed by atoms with Crippen LogP contribution in [-0.4, -0.2) is 12.4 Å². The smallest absolute Gasteiger partial charge is 0.133 e. The Balaban J connectivity index is 2.05. The average Bonchev–Trinajstić information content (AvgIpc) is 2.38. The lowest BCUT2D eigenvalue weighted by Gasteiger charge is -2.23. The van der Waals surface area contributed by atoms with Crippen molar-refractivity contribution in [1.82, 2.24) is 0 Å². The van der Waals surface area contributed by atoms with Crippen LogP contribution in [0.25, 0.3) is 0 Å². The Hall–Kier alpha value is -1.51. The van der Waals surface area contributed by atoms with Gasteiger partial charge in [-0.25, -0.2) is 0 Å². The first-order valence-electron chi connectivity index (χ1n) is 6.75. The van der Waals surface area contributed by atoms with E-state index >= 15 is 0 Å². The van der Waals surface area contributed by atoms with Crippen molar-refractivity contribution in [1.29, 1.82) is 5.41 Å². The minimum atomic E-state index is 0.0809. The summed E-state index contributed by atoms with van der Waals surface area (Å²) in [5, 5.41) is 7.59. The molecule has 1 aromatic rings. The maximum absolute atomic E-state index is 7.59. The Kier molecular flexibility index (Phi) is 4.24. The number of nitrogens with one attached hydrogen (secondary N) is 1. The molecule has 0 saturated heterocycles. The van der Waals surface area contributed by atoms with Gasteiger partial charge >= 0.3 is 0 Å². The zero-order valence-electron chi connectivity index (χ0n) is 11.0. The molecule has 3 heteroatoms. The van der Waals surface area contributed by atoms with Crippen molar-refractivity contribution >= 4 is 5.84 Å². The van der Waals surface area contributed by atoms with Crippen LogP contribution in [0.4, 0.5) is 0 Å². The van der Waals surface area contributed by atoms with Crippen LogP contribution >= 0.6 is 0 Å². The highest BCUT2D eigenvalue weighted by molar-refractivity contribution is 5.98. The SMILES string of the molecule is Cc1cccc(C(=N)N)c1OCC1CCCCC1. The lowest BCUT2D eigenvalue weighted by molar-refractivity contribution is 0.207. The molecule has 98 valence electrons. The Bertz CT molecular complexity index is 423. The van der Waals surface area contributed by atoms with Crippen LogP contribution in [0, 0.1) is 18.3 Å². The van der Waals surface area contributed by atoms with Crippen molar-refractivity contribution in [2.24, 2.45) is 11.7 Å². The molecule has 0 unspecified atom stereocenters. The Morgan fingerprint density at radius 1 is 1.33 bits per heavy atom. The number of hydrogen-bond donors (Lipinski definition) is 2. The van der Waals surface area contributed by atoms with E-state index in [4.69, 9.17) is 15.9 Å². The molecular weight excluding hydrogens is 224 g/mol. The predicted molar refractivity (Wildman–Crippen MR) is 74.3 cm³/mol. The second kappa shape index (κ2) is 5.89. The molecule has 3 nitrogen and oxygen atoms in total. The third-order valence-corrected chi connectivity index (χ3v) is 3.69. The number of benzene rings is 1. The molecule has 1 aromatic carbocycles. The van der Waals surface area contributed by atoms with Crippen LogP contribution in [-0.2, 0) is 0 Å². The van der Waals surface area contributed by atoms with Crippen molar-refractivity contribution in [2.75, 3.05) is 6.61 Å². The number of nitrogen functional groups attached to an aromatic ring is 1. The van der Waals surface area contributed by atoms with Gasteiger partial charge in [0, 0.05) is 0 Å². The molecule has 18 heavy (non-hydrogen) atoms. The summed E-state index contributed by atoms with van der Waals surface area (Å²) in [6.07, 6.45) is 6.53. The normalized spacial score (nSPS) is 16.5. The highest BCUT2D eigenvalue weighted by atomic mass is 16.5. The van der Waals surface area contributed by atoms with Gasteiger partial charge in [-0.2, -0.15) is 0 Å². The lowest BCUT2D eigenvalue weighted by atomic mass is 9.90. The molecule has 0 radical (unpaired) electrons. The average molecular weight is 246 g/mol. The summed E-state index contributed by atoms with van der Waals surface area (Å²) in [5.74, 6) is 1.53. The topological polar surface area (TPSA) is 59.1 Å². The number of nitrogens with two attached hydrogens (primary N) is 1. The van der Waals surface area contributed by atoms with Gasteiger partial charge < -0.3 is 10.5 Å². The second-order valence-corrected chi connectivity index (χ2v) is 5.18. The minimum Gasteiger partial charge on any atom is -0.492 e. The summed E-state index contributed by atoms with van der Waals surface area (Å²) in [4.78, 5) is 0. The number of hydrogen-bond acceptors (Lipinski definition) is 2. The van der Waals surface area contributed by atoms with Crippen LogP contribution in [0.3, 0.4) is 0 Å². The third kappa shape index (κ3) is 3.03. The Labute approximate surface area is 109 Å². The van der Waals surface area contributed by atoms with Gasteiger partial charge in [0.1, 0.15) is 11.6 Å². The number of amidine groups is 1. The van der Waals surface area contributed by atoms with Crippen molar-refractivity contribution in [3.05, 3.63) is 29.3 Å². The molecule has 0 spiro atoms. The maximum Gasteiger partial charge on any atom is 0.133 e. The second-order valence-electron chi connectivity index (χ2n) is 5.18. The summed E-state index contributed by atoms with van der Waals surface area (Å²) in [5.41, 5.74) is 7.36. The van der Waals surface area contributed by atoms with E-state index in [1.807, 2.05) is 25.1 Å². The first-order chi connectivity index (χ1) is 8.68. The molecule has 1 saturated carbocycles. The van der Waals surface area contributed by atoms with Gasteiger partial charge in [-0.15, -0.1) is 0 Å². The standard InChI is InChI=1S/C15H22N2O/c1-11-6-5-9-13(15(16)17)14(11)18-10-12-7-3-2-4-8-12/h5-6,9,12H,2-4,7-8,10H2,1H3,(H3,16,17). The van der Waals surface area contributed by atoms with Gasteiger partial charge in [-0.05, 0) is 37.3 Å². The molecule has 0 aliphatic heterocycles. The van der Waals surface area contributed by atoms with E-state index in [-0.39, 0.29) is 5.84 Å². The monoisotopic (exact) mass is 246 g/mol. The van der Waals surface area contributed by atoms with E-state index in [0.717, 1.165) is 17.9 Å². The van der Waals surface area contributed by atoms with Gasteiger partial charge in [-0.3, -0.25) is 5.41 Å². The molecule has 1 fully saturated rings. The quantitative estimate of drug-likeness (QED) is 0.633. The summed E-state index contributed by atoms with van der Waals surface area (Å²) < 4.78 is 5.95. The molecule has 2 rings (SSSR count). The van der Waals surface area contributed by atoms with Crippen LogP contribution < -0.4 is 10.5 Å². The first kappa shape index (κ1) is 12.9. The molecule has 3 N–H and O–H groups in total. The summed E-state index contributed by atoms with van der Waals surface area (Å²) in [7, 11) is 0. The largest absolute Gasteiger partial charge is 0.492 e. The van der Waals surface area contributed by atoms with Crippen molar-refractivity contribution in [3.8, 4) is 5.75 Å². The molecule has 1 aliphatic carbocycles. The fraction of sp³-hybridized carbons (Fsp3) is 0.533. The number of rotatable bonds is 4. The van der Waals surface area contributed by atoms with Crippen molar-refractivity contribution < 1.29 is 4.74 Å². The highest BCUT2D eigenvalue weighted by Crippen LogP contribution is 2.27. The summed E-state index contributed by atoms with van der Waals surface area (Å²) in [6.45, 7) is 2.76. The fourth-order valence-electron chi connectivity index (χ4n) is 2.61. The van der Waals surface area contributed by atoms with Gasteiger partial charge in [0.15, 0.2) is 0 Å². The van der Waals surface area contributed by atoms with E-state index in [1.54, 1.807) is 0 Å². The van der Waals surface area contributed by atoms with E-state index in [2.05, 4.69) is 0 Å².